The van der Waals surface area contributed by atoms with Crippen LogP contribution in [0.15, 0.2) is 183 Å². The van der Waals surface area contributed by atoms with E-state index in [0.29, 0.717) is 0 Å². The first kappa shape index (κ1) is 38.7. The van der Waals surface area contributed by atoms with Crippen LogP contribution in [-0.2, 0) is 10.8 Å². The molecule has 10 aromatic rings. The summed E-state index contributed by atoms with van der Waals surface area (Å²) >= 11 is 0. The molecule has 0 unspecified atom stereocenters. The number of nitrogens with zero attached hydrogens (tertiary/aromatic N) is 6. The average Bonchev–Trinajstić information content (AvgIpc) is 3.90. The summed E-state index contributed by atoms with van der Waals surface area (Å²) in [5.74, 6) is 1.89. The second-order valence-corrected chi connectivity index (χ2v) is 18.0. The van der Waals surface area contributed by atoms with E-state index in [1.807, 2.05) is 24.8 Å². The van der Waals surface area contributed by atoms with Crippen LogP contribution in [0.25, 0.3) is 89.1 Å². The van der Waals surface area contributed by atoms with Crippen LogP contribution in [0.2, 0.25) is 0 Å². The van der Waals surface area contributed by atoms with Gasteiger partial charge in [0.05, 0.1) is 45.8 Å². The molecule has 0 bridgehead atoms. The van der Waals surface area contributed by atoms with E-state index in [-0.39, 0.29) is 10.8 Å². The number of imidazole rings is 2. The summed E-state index contributed by atoms with van der Waals surface area (Å²) in [6.45, 7) is 13.4. The van der Waals surface area contributed by atoms with Gasteiger partial charge in [0, 0.05) is 45.5 Å². The second-order valence-electron chi connectivity index (χ2n) is 18.0. The maximum Gasteiger partial charge on any atom is 0.119 e. The zero-order chi connectivity index (χ0) is 42.6. The van der Waals surface area contributed by atoms with Crippen LogP contribution in [0, 0.1) is 0 Å². The Bertz CT molecular complexity index is 3030. The Kier molecular flexibility index (Phi) is 9.52. The van der Waals surface area contributed by atoms with Gasteiger partial charge in [0.25, 0.3) is 0 Å². The third-order valence-electron chi connectivity index (χ3n) is 11.7. The summed E-state index contributed by atoms with van der Waals surface area (Å²) in [4.78, 5) is 21.0. The Morgan fingerprint density at radius 1 is 0.339 bits per heavy atom. The first-order chi connectivity index (χ1) is 30.1. The van der Waals surface area contributed by atoms with Gasteiger partial charge < -0.3 is 0 Å². The van der Waals surface area contributed by atoms with Crippen LogP contribution in [0.1, 0.15) is 53.2 Å². The minimum absolute atomic E-state index is 0.321. The van der Waals surface area contributed by atoms with E-state index in [0.717, 1.165) is 101 Å². The highest BCUT2D eigenvalue weighted by Crippen LogP contribution is 2.49. The maximum atomic E-state index is 5.36. The molecule has 4 aromatic heterocycles. The van der Waals surface area contributed by atoms with Crippen LogP contribution in [-0.4, -0.2) is 29.1 Å². The van der Waals surface area contributed by atoms with Gasteiger partial charge in [-0.25, -0.2) is 9.97 Å². The van der Waals surface area contributed by atoms with Crippen molar-refractivity contribution >= 4 is 22.1 Å². The molecule has 0 aliphatic heterocycles. The van der Waals surface area contributed by atoms with Gasteiger partial charge in [0.2, 0.25) is 0 Å². The lowest BCUT2D eigenvalue weighted by Gasteiger charge is -2.27. The summed E-state index contributed by atoms with van der Waals surface area (Å²) in [5.41, 5.74) is 15.7. The normalized spacial score (nSPS) is 12.0. The molecule has 6 heteroatoms. The van der Waals surface area contributed by atoms with E-state index in [9.17, 15) is 0 Å². The fraction of sp³-hybridized carbons (Fsp3) is 0.143. The molecule has 302 valence electrons. The zero-order valence-corrected chi connectivity index (χ0v) is 36.0. The average molecular weight is 805 g/mol. The van der Waals surface area contributed by atoms with Crippen molar-refractivity contribution in [3.63, 3.8) is 0 Å². The Balaban J connectivity index is 1.44. The standard InChI is InChI=1S/C56H48N6/c1-55(2,3)53-59-45-29-17-19-31-47(45)61(53)49-35-57-33-43(41-27-15-13-25-39(41)37-21-9-7-10-22-37)51(49)52-44(42-28-16-14-26-40(42)38-23-11-8-12-24-38)34-58-36-50(52)62-48-32-20-18-30-46(48)60-54(62)56(4,5)6/h7-36H,1-6H3. The van der Waals surface area contributed by atoms with Crippen molar-refractivity contribution in [2.75, 3.05) is 0 Å². The first-order valence-corrected chi connectivity index (χ1v) is 21.3. The molecule has 0 aliphatic carbocycles. The highest BCUT2D eigenvalue weighted by Gasteiger charge is 2.32. The van der Waals surface area contributed by atoms with Crippen molar-refractivity contribution in [3.8, 4) is 67.0 Å². The molecule has 0 saturated heterocycles. The molecule has 0 N–H and O–H groups in total. The van der Waals surface area contributed by atoms with E-state index in [1.54, 1.807) is 0 Å². The summed E-state index contributed by atoms with van der Waals surface area (Å²) in [6, 6.07) is 55.6. The number of para-hydroxylation sites is 4. The highest BCUT2D eigenvalue weighted by molar-refractivity contribution is 6.04. The van der Waals surface area contributed by atoms with Gasteiger partial charge in [-0.05, 0) is 57.6 Å². The smallest absolute Gasteiger partial charge is 0.119 e. The van der Waals surface area contributed by atoms with Gasteiger partial charge in [-0.15, -0.1) is 0 Å². The van der Waals surface area contributed by atoms with Gasteiger partial charge in [-0.1, -0.05) is 175 Å². The van der Waals surface area contributed by atoms with Crippen LogP contribution in [0.4, 0.5) is 0 Å². The molecule has 6 nitrogen and oxygen atoms in total. The van der Waals surface area contributed by atoms with Gasteiger partial charge in [0.15, 0.2) is 0 Å². The van der Waals surface area contributed by atoms with E-state index in [1.165, 1.54) is 0 Å². The Hall–Kier alpha value is -7.44. The van der Waals surface area contributed by atoms with Crippen LogP contribution in [0.5, 0.6) is 0 Å². The number of rotatable bonds is 7. The van der Waals surface area contributed by atoms with Crippen molar-refractivity contribution in [1.82, 2.24) is 29.1 Å². The molecule has 0 atom stereocenters. The predicted molar refractivity (Wildman–Crippen MR) is 256 cm³/mol. The van der Waals surface area contributed by atoms with E-state index >= 15 is 0 Å². The Labute approximate surface area is 363 Å². The summed E-state index contributed by atoms with van der Waals surface area (Å²) in [5, 5.41) is 0. The van der Waals surface area contributed by atoms with Crippen LogP contribution in [0.3, 0.4) is 0 Å². The minimum Gasteiger partial charge on any atom is -0.294 e. The SMILES string of the molecule is CC(C)(C)c1nc2ccccc2n1-c1cncc(-c2ccccc2-c2ccccc2)c1-c1c(-c2ccccc2-c2ccccc2)cncc1-n1c(C(C)(C)C)nc2ccccc21. The molecule has 4 heterocycles. The van der Waals surface area contributed by atoms with Crippen molar-refractivity contribution in [3.05, 3.63) is 194 Å². The summed E-state index contributed by atoms with van der Waals surface area (Å²) in [6.07, 6.45) is 8.15. The molecule has 0 amide bonds. The van der Waals surface area contributed by atoms with Gasteiger partial charge >= 0.3 is 0 Å². The number of pyridine rings is 2. The monoisotopic (exact) mass is 804 g/mol. The van der Waals surface area contributed by atoms with Gasteiger partial charge in [0.1, 0.15) is 11.6 Å². The fourth-order valence-electron chi connectivity index (χ4n) is 8.89. The molecule has 0 saturated carbocycles. The molecule has 0 fully saturated rings. The molecule has 0 aliphatic rings. The predicted octanol–water partition coefficient (Wildman–Crippen LogP) is 14.1. The molecule has 10 rings (SSSR count). The molecule has 0 radical (unpaired) electrons. The van der Waals surface area contributed by atoms with Gasteiger partial charge in [-0.3, -0.25) is 19.1 Å². The Morgan fingerprint density at radius 2 is 0.677 bits per heavy atom. The van der Waals surface area contributed by atoms with E-state index < -0.39 is 0 Å². The van der Waals surface area contributed by atoms with Crippen molar-refractivity contribution < 1.29 is 0 Å². The number of benzene rings is 6. The lowest BCUT2D eigenvalue weighted by Crippen LogP contribution is -2.20. The summed E-state index contributed by atoms with van der Waals surface area (Å²) in [7, 11) is 0. The highest BCUT2D eigenvalue weighted by atomic mass is 15.1. The van der Waals surface area contributed by atoms with Crippen molar-refractivity contribution in [2.45, 2.75) is 52.4 Å². The Morgan fingerprint density at radius 3 is 1.06 bits per heavy atom. The first-order valence-electron chi connectivity index (χ1n) is 21.3. The quantitative estimate of drug-likeness (QED) is 0.161. The molecule has 62 heavy (non-hydrogen) atoms. The number of aromatic nitrogens is 6. The lowest BCUT2D eigenvalue weighted by atomic mass is 9.84. The van der Waals surface area contributed by atoms with Crippen LogP contribution >= 0.6 is 0 Å². The van der Waals surface area contributed by atoms with E-state index in [2.05, 4.69) is 208 Å². The minimum atomic E-state index is -0.321. The van der Waals surface area contributed by atoms with Crippen molar-refractivity contribution in [2.24, 2.45) is 0 Å². The number of hydrogen-bond donors (Lipinski definition) is 0. The number of hydrogen-bond acceptors (Lipinski definition) is 4. The summed E-state index contributed by atoms with van der Waals surface area (Å²) < 4.78 is 4.69. The van der Waals surface area contributed by atoms with Crippen molar-refractivity contribution in [1.29, 1.82) is 0 Å². The van der Waals surface area contributed by atoms with Gasteiger partial charge in [-0.2, -0.15) is 0 Å². The molecule has 0 spiro atoms. The fourth-order valence-corrected chi connectivity index (χ4v) is 8.89. The maximum absolute atomic E-state index is 5.36. The third-order valence-corrected chi connectivity index (χ3v) is 11.7. The third kappa shape index (κ3) is 6.69. The number of fused-ring (bicyclic) bond motifs is 2. The zero-order valence-electron chi connectivity index (χ0n) is 36.0. The molecular weight excluding hydrogens is 757 g/mol. The van der Waals surface area contributed by atoms with E-state index in [4.69, 9.17) is 19.9 Å². The topological polar surface area (TPSA) is 61.4 Å². The second kappa shape index (κ2) is 15.2. The lowest BCUT2D eigenvalue weighted by molar-refractivity contribution is 0.538. The largest absolute Gasteiger partial charge is 0.294 e. The molecular formula is C56H48N6. The van der Waals surface area contributed by atoms with Crippen LogP contribution < -0.4 is 0 Å². The molecule has 6 aromatic carbocycles.